The van der Waals surface area contributed by atoms with Crippen LogP contribution in [0.2, 0.25) is 0 Å². The number of aryl methyl sites for hydroxylation is 1. The number of hydrogen-bond acceptors (Lipinski definition) is 4. The zero-order valence-corrected chi connectivity index (χ0v) is 15.4. The van der Waals surface area contributed by atoms with E-state index in [1.807, 2.05) is 41.3 Å². The predicted molar refractivity (Wildman–Crippen MR) is 105 cm³/mol. The van der Waals surface area contributed by atoms with E-state index in [4.69, 9.17) is 4.74 Å². The minimum absolute atomic E-state index is 0.0141. The molecule has 1 saturated heterocycles. The van der Waals surface area contributed by atoms with E-state index in [0.29, 0.717) is 30.8 Å². The molecule has 0 atom stereocenters. The second-order valence-corrected chi connectivity index (χ2v) is 6.87. The number of nitrogens with zero attached hydrogens (tertiary/aromatic N) is 2. The first kappa shape index (κ1) is 17.4. The van der Waals surface area contributed by atoms with Gasteiger partial charge in [-0.1, -0.05) is 12.1 Å². The number of anilines is 2. The lowest BCUT2D eigenvalue weighted by Crippen LogP contribution is -2.48. The topological polar surface area (TPSA) is 61.9 Å². The van der Waals surface area contributed by atoms with Crippen LogP contribution in [0.1, 0.15) is 22.3 Å². The van der Waals surface area contributed by atoms with E-state index in [2.05, 4.69) is 16.3 Å². The van der Waals surface area contributed by atoms with E-state index in [0.717, 1.165) is 30.9 Å². The fourth-order valence-electron chi connectivity index (χ4n) is 3.73. The van der Waals surface area contributed by atoms with Crippen molar-refractivity contribution in [2.75, 3.05) is 43.5 Å². The number of carbonyl (C=O) groups excluding carboxylic acids is 2. The molecule has 27 heavy (non-hydrogen) atoms. The molecule has 0 saturated carbocycles. The van der Waals surface area contributed by atoms with Gasteiger partial charge < -0.3 is 19.9 Å². The molecule has 140 valence electrons. The Hall–Kier alpha value is -3.02. The highest BCUT2D eigenvalue weighted by molar-refractivity contribution is 5.97. The van der Waals surface area contributed by atoms with Crippen LogP contribution < -0.4 is 15.0 Å². The van der Waals surface area contributed by atoms with Gasteiger partial charge in [-0.2, -0.15) is 0 Å². The normalized spacial score (nSPS) is 16.6. The van der Waals surface area contributed by atoms with Crippen molar-refractivity contribution in [1.29, 1.82) is 0 Å². The highest BCUT2D eigenvalue weighted by atomic mass is 16.5. The van der Waals surface area contributed by atoms with Gasteiger partial charge in [0, 0.05) is 44.0 Å². The van der Waals surface area contributed by atoms with Gasteiger partial charge >= 0.3 is 0 Å². The van der Waals surface area contributed by atoms with E-state index in [9.17, 15) is 9.59 Å². The van der Waals surface area contributed by atoms with Crippen LogP contribution in [-0.2, 0) is 11.2 Å². The summed E-state index contributed by atoms with van der Waals surface area (Å²) in [5.41, 5.74) is 3.85. The minimum atomic E-state index is 0.0141. The zero-order chi connectivity index (χ0) is 18.8. The Morgan fingerprint density at radius 3 is 2.59 bits per heavy atom. The first-order valence-electron chi connectivity index (χ1n) is 9.26. The van der Waals surface area contributed by atoms with Gasteiger partial charge in [0.2, 0.25) is 5.91 Å². The lowest BCUT2D eigenvalue weighted by Gasteiger charge is -2.36. The van der Waals surface area contributed by atoms with Crippen molar-refractivity contribution >= 4 is 23.2 Å². The SMILES string of the molecule is COc1ccccc1C(=O)N1CCN(c2ccc3c(c2)CCC(=O)N3)CC1. The van der Waals surface area contributed by atoms with Crippen molar-refractivity contribution in [3.63, 3.8) is 0 Å². The van der Waals surface area contributed by atoms with E-state index >= 15 is 0 Å². The lowest BCUT2D eigenvalue weighted by molar-refractivity contribution is -0.116. The summed E-state index contributed by atoms with van der Waals surface area (Å²) in [5, 5.41) is 2.92. The van der Waals surface area contributed by atoms with Crippen LogP contribution in [0.25, 0.3) is 0 Å². The molecule has 1 fully saturated rings. The fourth-order valence-corrected chi connectivity index (χ4v) is 3.73. The Morgan fingerprint density at radius 1 is 1.04 bits per heavy atom. The summed E-state index contributed by atoms with van der Waals surface area (Å²) in [6, 6.07) is 13.5. The quantitative estimate of drug-likeness (QED) is 0.908. The number of carbonyl (C=O) groups is 2. The number of rotatable bonds is 3. The summed E-state index contributed by atoms with van der Waals surface area (Å²) in [6.45, 7) is 2.91. The highest BCUT2D eigenvalue weighted by Crippen LogP contribution is 2.28. The van der Waals surface area contributed by atoms with Crippen molar-refractivity contribution < 1.29 is 14.3 Å². The Morgan fingerprint density at radius 2 is 1.81 bits per heavy atom. The summed E-state index contributed by atoms with van der Waals surface area (Å²) >= 11 is 0. The molecule has 0 aromatic heterocycles. The molecule has 2 aromatic rings. The molecule has 0 aliphatic carbocycles. The van der Waals surface area contributed by atoms with Gasteiger partial charge in [-0.05, 0) is 42.3 Å². The van der Waals surface area contributed by atoms with Crippen molar-refractivity contribution in [2.45, 2.75) is 12.8 Å². The fraction of sp³-hybridized carbons (Fsp3) is 0.333. The van der Waals surface area contributed by atoms with Crippen molar-refractivity contribution in [1.82, 2.24) is 4.90 Å². The average Bonchev–Trinajstić information content (AvgIpc) is 2.73. The van der Waals surface area contributed by atoms with Gasteiger partial charge in [-0.15, -0.1) is 0 Å². The first-order chi connectivity index (χ1) is 13.2. The molecular formula is C21H23N3O3. The number of ether oxygens (including phenoxy) is 1. The number of piperazine rings is 1. The molecule has 2 amide bonds. The Balaban J connectivity index is 1.43. The van der Waals surface area contributed by atoms with Crippen molar-refractivity contribution in [2.24, 2.45) is 0 Å². The van der Waals surface area contributed by atoms with Gasteiger partial charge in [0.05, 0.1) is 12.7 Å². The molecule has 6 heteroatoms. The summed E-state index contributed by atoms with van der Waals surface area (Å²) < 4.78 is 5.32. The summed E-state index contributed by atoms with van der Waals surface area (Å²) in [6.07, 6.45) is 1.32. The van der Waals surface area contributed by atoms with Crippen LogP contribution in [0.5, 0.6) is 5.75 Å². The average molecular weight is 365 g/mol. The molecule has 0 radical (unpaired) electrons. The second-order valence-electron chi connectivity index (χ2n) is 6.87. The first-order valence-corrected chi connectivity index (χ1v) is 9.26. The van der Waals surface area contributed by atoms with Crippen LogP contribution >= 0.6 is 0 Å². The van der Waals surface area contributed by atoms with Crippen LogP contribution in [0.4, 0.5) is 11.4 Å². The Bertz CT molecular complexity index is 873. The molecule has 4 rings (SSSR count). The molecule has 0 bridgehead atoms. The third kappa shape index (κ3) is 3.47. The summed E-state index contributed by atoms with van der Waals surface area (Å²) in [7, 11) is 1.59. The lowest BCUT2D eigenvalue weighted by atomic mass is 10.0. The molecule has 0 spiro atoms. The van der Waals surface area contributed by atoms with Crippen molar-refractivity contribution in [3.8, 4) is 5.75 Å². The van der Waals surface area contributed by atoms with Gasteiger partial charge in [0.25, 0.3) is 5.91 Å². The maximum atomic E-state index is 12.8. The van der Waals surface area contributed by atoms with E-state index < -0.39 is 0 Å². The smallest absolute Gasteiger partial charge is 0.257 e. The van der Waals surface area contributed by atoms with Crippen LogP contribution in [0, 0.1) is 0 Å². The number of benzene rings is 2. The second kappa shape index (κ2) is 7.31. The molecule has 2 heterocycles. The van der Waals surface area contributed by atoms with Gasteiger partial charge in [-0.25, -0.2) is 0 Å². The van der Waals surface area contributed by atoms with Crippen LogP contribution in [0.15, 0.2) is 42.5 Å². The number of methoxy groups -OCH3 is 1. The number of para-hydroxylation sites is 1. The van der Waals surface area contributed by atoms with Crippen LogP contribution in [-0.4, -0.2) is 50.0 Å². The monoisotopic (exact) mass is 365 g/mol. The minimum Gasteiger partial charge on any atom is -0.496 e. The van der Waals surface area contributed by atoms with Gasteiger partial charge in [-0.3, -0.25) is 9.59 Å². The number of nitrogens with one attached hydrogen (secondary N) is 1. The number of hydrogen-bond donors (Lipinski definition) is 1. The summed E-state index contributed by atoms with van der Waals surface area (Å²) in [4.78, 5) is 28.5. The van der Waals surface area contributed by atoms with Gasteiger partial charge in [0.15, 0.2) is 0 Å². The molecule has 2 aromatic carbocycles. The van der Waals surface area contributed by atoms with Gasteiger partial charge in [0.1, 0.15) is 5.75 Å². The molecule has 0 unspecified atom stereocenters. The largest absolute Gasteiger partial charge is 0.496 e. The molecule has 2 aliphatic rings. The third-order valence-corrected chi connectivity index (χ3v) is 5.25. The summed E-state index contributed by atoms with van der Waals surface area (Å²) in [5.74, 6) is 0.709. The standard InChI is InChI=1S/C21H23N3O3/c1-27-19-5-3-2-4-17(19)21(26)24-12-10-23(11-13-24)16-7-8-18-15(14-16)6-9-20(25)22-18/h2-5,7-8,14H,6,9-13H2,1H3,(H,22,25). The van der Waals surface area contributed by atoms with Crippen molar-refractivity contribution in [3.05, 3.63) is 53.6 Å². The zero-order valence-electron chi connectivity index (χ0n) is 15.4. The maximum absolute atomic E-state index is 12.8. The van der Waals surface area contributed by atoms with E-state index in [-0.39, 0.29) is 11.8 Å². The van der Waals surface area contributed by atoms with E-state index in [1.54, 1.807) is 7.11 Å². The molecular weight excluding hydrogens is 342 g/mol. The number of amides is 2. The molecule has 2 aliphatic heterocycles. The highest BCUT2D eigenvalue weighted by Gasteiger charge is 2.25. The number of fused-ring (bicyclic) bond motifs is 1. The maximum Gasteiger partial charge on any atom is 0.257 e. The Kier molecular flexibility index (Phi) is 4.71. The third-order valence-electron chi connectivity index (χ3n) is 5.25. The van der Waals surface area contributed by atoms with E-state index in [1.165, 1.54) is 5.56 Å². The predicted octanol–water partition coefficient (Wildman–Crippen LogP) is 2.54. The Labute approximate surface area is 158 Å². The van der Waals surface area contributed by atoms with Crippen LogP contribution in [0.3, 0.4) is 0 Å². The molecule has 1 N–H and O–H groups in total. The molecule has 6 nitrogen and oxygen atoms in total.